The van der Waals surface area contributed by atoms with Crippen molar-refractivity contribution in [1.82, 2.24) is 0 Å². The van der Waals surface area contributed by atoms with Crippen molar-refractivity contribution in [2.24, 2.45) is 4.99 Å². The highest BCUT2D eigenvalue weighted by Crippen LogP contribution is 2.17. The van der Waals surface area contributed by atoms with Crippen molar-refractivity contribution in [3.8, 4) is 0 Å². The van der Waals surface area contributed by atoms with Crippen LogP contribution >= 0.6 is 0 Å². The lowest BCUT2D eigenvalue weighted by Crippen LogP contribution is -2.04. The smallest absolute Gasteiger partial charge is 0.331 e. The minimum absolute atomic E-state index is 0.0757. The topological polar surface area (TPSA) is 38.7 Å². The summed E-state index contributed by atoms with van der Waals surface area (Å²) in [4.78, 5) is 16.0. The second-order valence-electron chi connectivity index (χ2n) is 4.38. The molecule has 1 aromatic carbocycles. The molecule has 0 radical (unpaired) electrons. The molecule has 1 rings (SSSR count). The van der Waals surface area contributed by atoms with Crippen LogP contribution in [-0.4, -0.2) is 18.3 Å². The number of carbonyl (C=O) groups excluding carboxylic acids is 1. The van der Waals surface area contributed by atoms with E-state index in [1.807, 2.05) is 51.1 Å². The lowest BCUT2D eigenvalue weighted by atomic mass is 10.1. The van der Waals surface area contributed by atoms with Gasteiger partial charge in [-0.25, -0.2) is 4.79 Å². The molecule has 0 bridgehead atoms. The molecule has 0 fully saturated rings. The Balaban J connectivity index is 2.79. The zero-order chi connectivity index (χ0) is 14.3. The number of hydrogen-bond donors (Lipinski definition) is 0. The second kappa shape index (κ2) is 7.52. The van der Waals surface area contributed by atoms with E-state index in [1.165, 1.54) is 6.08 Å². The van der Waals surface area contributed by atoms with Crippen LogP contribution < -0.4 is 0 Å². The molecule has 0 aliphatic carbocycles. The van der Waals surface area contributed by atoms with Gasteiger partial charge in [0.25, 0.3) is 0 Å². The van der Waals surface area contributed by atoms with Crippen LogP contribution in [0.25, 0.3) is 0 Å². The Morgan fingerprint density at radius 2 is 1.95 bits per heavy atom. The van der Waals surface area contributed by atoms with Crippen LogP contribution in [-0.2, 0) is 9.53 Å². The number of ether oxygens (including phenoxy) is 1. The van der Waals surface area contributed by atoms with Gasteiger partial charge in [-0.1, -0.05) is 30.3 Å². The molecule has 19 heavy (non-hydrogen) atoms. The van der Waals surface area contributed by atoms with E-state index in [0.29, 0.717) is 6.61 Å². The molecule has 0 unspecified atom stereocenters. The van der Waals surface area contributed by atoms with E-state index in [9.17, 15) is 4.79 Å². The Morgan fingerprint density at radius 3 is 2.53 bits per heavy atom. The number of hydrogen-bond acceptors (Lipinski definition) is 3. The van der Waals surface area contributed by atoms with Gasteiger partial charge < -0.3 is 4.74 Å². The monoisotopic (exact) mass is 259 g/mol. The van der Waals surface area contributed by atoms with Gasteiger partial charge in [-0.2, -0.15) is 0 Å². The zero-order valence-electron chi connectivity index (χ0n) is 12.0. The number of benzene rings is 1. The third-order valence-electron chi connectivity index (χ3n) is 2.86. The first-order valence-corrected chi connectivity index (χ1v) is 6.49. The summed E-state index contributed by atoms with van der Waals surface area (Å²) < 4.78 is 4.88. The van der Waals surface area contributed by atoms with Gasteiger partial charge in [-0.15, -0.1) is 0 Å². The summed E-state index contributed by atoms with van der Waals surface area (Å²) in [5.74, 6) is -0.318. The molecule has 1 aromatic rings. The lowest BCUT2D eigenvalue weighted by Gasteiger charge is -2.09. The number of carbonyl (C=O) groups is 1. The molecule has 0 saturated carbocycles. The maximum atomic E-state index is 11.4. The predicted molar refractivity (Wildman–Crippen MR) is 78.4 cm³/mol. The summed E-state index contributed by atoms with van der Waals surface area (Å²) in [6, 6.07) is 10.2. The lowest BCUT2D eigenvalue weighted by molar-refractivity contribution is -0.137. The molecule has 0 spiro atoms. The number of esters is 1. The molecule has 0 aliphatic rings. The highest BCUT2D eigenvalue weighted by Gasteiger charge is 2.05. The molecule has 0 saturated heterocycles. The summed E-state index contributed by atoms with van der Waals surface area (Å²) in [6.07, 6.45) is 1.49. The highest BCUT2D eigenvalue weighted by molar-refractivity contribution is 6.02. The number of rotatable bonds is 5. The van der Waals surface area contributed by atoms with E-state index in [1.54, 1.807) is 6.92 Å². The molecular weight excluding hydrogens is 238 g/mol. The molecule has 3 nitrogen and oxygen atoms in total. The van der Waals surface area contributed by atoms with Crippen molar-refractivity contribution in [1.29, 1.82) is 0 Å². The first-order valence-electron chi connectivity index (χ1n) is 6.49. The molecular formula is C16H21NO2. The molecule has 3 heteroatoms. The van der Waals surface area contributed by atoms with Gasteiger partial charge in [0.1, 0.15) is 0 Å². The van der Waals surface area contributed by atoms with Crippen LogP contribution in [0.2, 0.25) is 0 Å². The first-order chi connectivity index (χ1) is 9.04. The quantitative estimate of drug-likeness (QED) is 0.459. The van der Waals surface area contributed by atoms with E-state index in [0.717, 1.165) is 16.8 Å². The van der Waals surface area contributed by atoms with Gasteiger partial charge in [-0.3, -0.25) is 4.99 Å². The number of aliphatic imine (C=N–C) groups is 1. The van der Waals surface area contributed by atoms with Gasteiger partial charge in [0.2, 0.25) is 0 Å². The van der Waals surface area contributed by atoms with Crippen molar-refractivity contribution >= 4 is 11.7 Å². The van der Waals surface area contributed by atoms with E-state index in [4.69, 9.17) is 4.74 Å². The van der Waals surface area contributed by atoms with Crippen LogP contribution in [0.5, 0.6) is 0 Å². The number of nitrogens with zero attached hydrogens (tertiary/aromatic N) is 1. The van der Waals surface area contributed by atoms with Gasteiger partial charge in [-0.05, 0) is 38.8 Å². The van der Waals surface area contributed by atoms with Crippen LogP contribution in [0, 0.1) is 0 Å². The largest absolute Gasteiger partial charge is 0.463 e. The van der Waals surface area contributed by atoms with Crippen LogP contribution in [0.4, 0.5) is 0 Å². The Bertz CT molecular complexity index is 475. The van der Waals surface area contributed by atoms with Crippen molar-refractivity contribution in [2.45, 2.75) is 33.7 Å². The standard InChI is InChI=1S/C16H21NO2/c1-5-19-16(18)11-12(2)13(3)17-14(4)15-9-7-6-8-10-15/h6-11,14H,5H2,1-4H3/b12-11+,17-13?/t14-/m1/s1. The summed E-state index contributed by atoms with van der Waals surface area (Å²) in [5.41, 5.74) is 2.84. The fourth-order valence-corrected chi connectivity index (χ4v) is 1.66. The summed E-state index contributed by atoms with van der Waals surface area (Å²) in [6.45, 7) is 7.99. The Labute approximate surface area is 115 Å². The van der Waals surface area contributed by atoms with Crippen molar-refractivity contribution < 1.29 is 9.53 Å². The van der Waals surface area contributed by atoms with Gasteiger partial charge in [0.15, 0.2) is 0 Å². The van der Waals surface area contributed by atoms with Crippen molar-refractivity contribution in [3.05, 3.63) is 47.5 Å². The van der Waals surface area contributed by atoms with Gasteiger partial charge in [0, 0.05) is 11.8 Å². The highest BCUT2D eigenvalue weighted by atomic mass is 16.5. The average Bonchev–Trinajstić information content (AvgIpc) is 2.39. The van der Waals surface area contributed by atoms with Crippen molar-refractivity contribution in [2.75, 3.05) is 6.61 Å². The average molecular weight is 259 g/mol. The summed E-state index contributed by atoms with van der Waals surface area (Å²) in [7, 11) is 0. The Morgan fingerprint density at radius 1 is 1.32 bits per heavy atom. The van der Waals surface area contributed by atoms with Crippen LogP contribution in [0.3, 0.4) is 0 Å². The van der Waals surface area contributed by atoms with E-state index in [2.05, 4.69) is 4.99 Å². The Hall–Kier alpha value is -1.90. The van der Waals surface area contributed by atoms with E-state index < -0.39 is 0 Å². The molecule has 0 N–H and O–H groups in total. The molecule has 1 atom stereocenters. The van der Waals surface area contributed by atoms with Crippen molar-refractivity contribution in [3.63, 3.8) is 0 Å². The maximum Gasteiger partial charge on any atom is 0.331 e. The fourth-order valence-electron chi connectivity index (χ4n) is 1.66. The molecule has 0 heterocycles. The maximum absolute atomic E-state index is 11.4. The predicted octanol–water partition coefficient (Wildman–Crippen LogP) is 3.72. The first kappa shape index (κ1) is 15.2. The number of allylic oxidation sites excluding steroid dienone is 1. The molecule has 102 valence electrons. The SMILES string of the molecule is CCOC(=O)/C=C(\C)C(C)=N[C@H](C)c1ccccc1. The fraction of sp³-hybridized carbons (Fsp3) is 0.375. The summed E-state index contributed by atoms with van der Waals surface area (Å²) >= 11 is 0. The van der Waals surface area contributed by atoms with Gasteiger partial charge in [0.05, 0.1) is 12.6 Å². The molecule has 0 aliphatic heterocycles. The van der Waals surface area contributed by atoms with Gasteiger partial charge >= 0.3 is 5.97 Å². The Kier molecular flexibility index (Phi) is 6.00. The summed E-state index contributed by atoms with van der Waals surface area (Å²) in [5, 5.41) is 0. The molecule has 0 amide bonds. The minimum atomic E-state index is -0.318. The van der Waals surface area contributed by atoms with Crippen LogP contribution in [0.1, 0.15) is 39.3 Å². The zero-order valence-corrected chi connectivity index (χ0v) is 12.0. The third-order valence-corrected chi connectivity index (χ3v) is 2.86. The normalized spacial score (nSPS) is 14.1. The third kappa shape index (κ3) is 5.08. The van der Waals surface area contributed by atoms with E-state index >= 15 is 0 Å². The minimum Gasteiger partial charge on any atom is -0.463 e. The second-order valence-corrected chi connectivity index (χ2v) is 4.38. The molecule has 0 aromatic heterocycles. The van der Waals surface area contributed by atoms with E-state index in [-0.39, 0.29) is 12.0 Å². The van der Waals surface area contributed by atoms with Crippen LogP contribution in [0.15, 0.2) is 47.0 Å².